The summed E-state index contributed by atoms with van der Waals surface area (Å²) >= 11 is 0. The van der Waals surface area contributed by atoms with Crippen molar-refractivity contribution in [3.63, 3.8) is 0 Å². The average molecular weight is 512 g/mol. The second-order valence-corrected chi connectivity index (χ2v) is 14.8. The zero-order valence-corrected chi connectivity index (χ0v) is 22.3. The molecule has 0 saturated carbocycles. The summed E-state index contributed by atoms with van der Waals surface area (Å²) in [5.41, 5.74) is 2.29. The highest BCUT2D eigenvalue weighted by Gasteiger charge is 2.44. The van der Waals surface area contributed by atoms with Crippen molar-refractivity contribution in [3.05, 3.63) is 35.4 Å². The van der Waals surface area contributed by atoms with Crippen LogP contribution in [0.25, 0.3) is 11.1 Å². The van der Waals surface area contributed by atoms with Crippen molar-refractivity contribution in [2.45, 2.75) is 58.2 Å². The largest absolute Gasteiger partial charge is 0.541 e. The number of methoxy groups -OCH3 is 3. The number of nitrogens with zero attached hydrogens (tertiary/aromatic N) is 1. The minimum absolute atomic E-state index is 0.0881. The number of amides is 1. The van der Waals surface area contributed by atoms with Crippen LogP contribution in [0.4, 0.5) is 13.2 Å². The Kier molecular flexibility index (Phi) is 7.09. The highest BCUT2D eigenvalue weighted by molar-refractivity contribution is 6.74. The molecule has 0 bridgehead atoms. The van der Waals surface area contributed by atoms with Crippen LogP contribution in [0.2, 0.25) is 18.1 Å². The molecule has 6 nitrogen and oxygen atoms in total. The molecule has 0 spiro atoms. The SMILES string of the molecule is COc1cc2c(cc1OC)-c1cc(O[Si](C)(C)C(C)(C)C)c(OC)cc1CN(C(=O)C(F)(F)F)C2. The van der Waals surface area contributed by atoms with E-state index in [1.54, 1.807) is 24.3 Å². The van der Waals surface area contributed by atoms with Crippen molar-refractivity contribution in [2.75, 3.05) is 21.3 Å². The first-order chi connectivity index (χ1) is 16.1. The lowest BCUT2D eigenvalue weighted by atomic mass is 9.95. The van der Waals surface area contributed by atoms with Crippen molar-refractivity contribution in [1.29, 1.82) is 0 Å². The number of fused-ring (bicyclic) bond motifs is 3. The summed E-state index contributed by atoms with van der Waals surface area (Å²) in [5.74, 6) is -0.214. The van der Waals surface area contributed by atoms with Crippen LogP contribution in [0.5, 0.6) is 23.0 Å². The predicted molar refractivity (Wildman–Crippen MR) is 130 cm³/mol. The van der Waals surface area contributed by atoms with Crippen LogP contribution in [0.3, 0.4) is 0 Å². The van der Waals surface area contributed by atoms with Gasteiger partial charge in [0.15, 0.2) is 17.2 Å². The normalized spacial score (nSPS) is 14.0. The molecule has 1 heterocycles. The lowest BCUT2D eigenvalue weighted by molar-refractivity contribution is -0.186. The van der Waals surface area contributed by atoms with Gasteiger partial charge in [-0.3, -0.25) is 4.79 Å². The number of halogens is 3. The third-order valence-electron chi connectivity index (χ3n) is 6.71. The van der Waals surface area contributed by atoms with Crippen LogP contribution < -0.4 is 18.6 Å². The van der Waals surface area contributed by atoms with Crippen LogP contribution in [0.1, 0.15) is 31.9 Å². The average Bonchev–Trinajstić information content (AvgIpc) is 2.91. The van der Waals surface area contributed by atoms with E-state index in [4.69, 9.17) is 18.6 Å². The van der Waals surface area contributed by atoms with Gasteiger partial charge in [0.1, 0.15) is 5.75 Å². The van der Waals surface area contributed by atoms with E-state index in [0.717, 1.165) is 4.90 Å². The first kappa shape index (κ1) is 26.7. The molecule has 0 aliphatic carbocycles. The molecule has 0 N–H and O–H groups in total. The summed E-state index contributed by atoms with van der Waals surface area (Å²) in [7, 11) is 2.15. The minimum atomic E-state index is -5.00. The highest BCUT2D eigenvalue weighted by atomic mass is 28.4. The van der Waals surface area contributed by atoms with Gasteiger partial charge in [0.2, 0.25) is 0 Å². The zero-order chi connectivity index (χ0) is 26.3. The van der Waals surface area contributed by atoms with Gasteiger partial charge in [0.05, 0.1) is 21.3 Å². The molecule has 3 rings (SSSR count). The first-order valence-corrected chi connectivity index (χ1v) is 14.0. The van der Waals surface area contributed by atoms with E-state index in [2.05, 4.69) is 33.9 Å². The lowest BCUT2D eigenvalue weighted by Gasteiger charge is -2.37. The predicted octanol–water partition coefficient (Wildman–Crippen LogP) is 6.17. The van der Waals surface area contributed by atoms with Gasteiger partial charge in [-0.2, -0.15) is 13.2 Å². The number of hydrogen-bond donors (Lipinski definition) is 0. The smallest absolute Gasteiger partial charge is 0.471 e. The molecule has 2 aromatic rings. The van der Waals surface area contributed by atoms with Gasteiger partial charge < -0.3 is 23.5 Å². The van der Waals surface area contributed by atoms with Crippen LogP contribution in [-0.2, 0) is 17.9 Å². The molecule has 2 aromatic carbocycles. The van der Waals surface area contributed by atoms with Gasteiger partial charge in [-0.15, -0.1) is 0 Å². The Bertz CT molecular complexity index is 1130. The fraction of sp³-hybridized carbons (Fsp3) is 0.480. The molecule has 0 radical (unpaired) electrons. The molecule has 10 heteroatoms. The Morgan fingerprint density at radius 1 is 0.800 bits per heavy atom. The van der Waals surface area contributed by atoms with Crippen molar-refractivity contribution in [1.82, 2.24) is 4.90 Å². The molecule has 0 atom stereocenters. The van der Waals surface area contributed by atoms with Crippen molar-refractivity contribution in [2.24, 2.45) is 0 Å². The second kappa shape index (κ2) is 9.29. The number of benzene rings is 2. The molecule has 0 aromatic heterocycles. The van der Waals surface area contributed by atoms with Crippen LogP contribution in [0.15, 0.2) is 24.3 Å². The van der Waals surface area contributed by atoms with Crippen LogP contribution >= 0.6 is 0 Å². The third kappa shape index (κ3) is 5.22. The van der Waals surface area contributed by atoms with Gasteiger partial charge in [-0.25, -0.2) is 0 Å². The van der Waals surface area contributed by atoms with Gasteiger partial charge in [0, 0.05) is 13.1 Å². The molecule has 1 aliphatic rings. The topological polar surface area (TPSA) is 57.2 Å². The lowest BCUT2D eigenvalue weighted by Crippen LogP contribution is -2.44. The summed E-state index contributed by atoms with van der Waals surface area (Å²) in [6.07, 6.45) is -5.00. The maximum Gasteiger partial charge on any atom is 0.471 e. The Morgan fingerprint density at radius 2 is 1.20 bits per heavy atom. The van der Waals surface area contributed by atoms with Gasteiger partial charge in [0.25, 0.3) is 8.32 Å². The standard InChI is InChI=1S/C25H32F3NO5Si/c1-24(2,3)35(7,8)34-22-12-18-16(10-20(22)32-5)14-29(23(30)25(26,27)28)13-15-9-19(31-4)21(33-6)11-17(15)18/h9-12H,13-14H2,1-8H3. The summed E-state index contributed by atoms with van der Waals surface area (Å²) < 4.78 is 63.2. The van der Waals surface area contributed by atoms with E-state index in [1.807, 2.05) is 0 Å². The number of rotatable bonds is 5. The molecule has 192 valence electrons. The molecule has 0 fully saturated rings. The number of hydrogen-bond acceptors (Lipinski definition) is 5. The maximum absolute atomic E-state index is 13.4. The monoisotopic (exact) mass is 511 g/mol. The van der Waals surface area contributed by atoms with Crippen molar-refractivity contribution in [3.8, 4) is 34.1 Å². The molecule has 0 saturated heterocycles. The molecular formula is C25H32F3NO5Si. The minimum Gasteiger partial charge on any atom is -0.541 e. The van der Waals surface area contributed by atoms with E-state index >= 15 is 0 Å². The Morgan fingerprint density at radius 3 is 1.60 bits per heavy atom. The summed E-state index contributed by atoms with van der Waals surface area (Å²) in [6.45, 7) is 10.0. The first-order valence-electron chi connectivity index (χ1n) is 11.1. The van der Waals surface area contributed by atoms with E-state index in [1.165, 1.54) is 21.3 Å². The maximum atomic E-state index is 13.4. The molecular weight excluding hydrogens is 479 g/mol. The number of carbonyl (C=O) groups is 1. The highest BCUT2D eigenvalue weighted by Crippen LogP contribution is 2.46. The van der Waals surface area contributed by atoms with Gasteiger partial charge in [-0.05, 0) is 64.7 Å². The fourth-order valence-corrected chi connectivity index (χ4v) is 4.76. The summed E-state index contributed by atoms with van der Waals surface area (Å²) in [4.78, 5) is 13.1. The van der Waals surface area contributed by atoms with Crippen molar-refractivity contribution < 1.29 is 36.6 Å². The molecule has 1 amide bonds. The number of alkyl halides is 3. The van der Waals surface area contributed by atoms with Gasteiger partial charge >= 0.3 is 12.1 Å². The number of ether oxygens (including phenoxy) is 3. The van der Waals surface area contributed by atoms with Crippen molar-refractivity contribution >= 4 is 14.2 Å². The Hall–Kier alpha value is -2.88. The summed E-state index contributed by atoms with van der Waals surface area (Å²) in [6, 6.07) is 6.77. The van der Waals surface area contributed by atoms with E-state index < -0.39 is 20.4 Å². The molecule has 0 unspecified atom stereocenters. The third-order valence-corrected chi connectivity index (χ3v) is 11.1. The van der Waals surface area contributed by atoms with E-state index in [-0.39, 0.29) is 18.1 Å². The quantitative estimate of drug-likeness (QED) is 0.450. The molecule has 1 aliphatic heterocycles. The fourth-order valence-electron chi connectivity index (χ4n) is 3.74. The van der Waals surface area contributed by atoms with Gasteiger partial charge in [-0.1, -0.05) is 20.8 Å². The summed E-state index contributed by atoms with van der Waals surface area (Å²) in [5, 5.41) is -0.0881. The zero-order valence-electron chi connectivity index (χ0n) is 21.3. The Labute approximate surface area is 205 Å². The van der Waals surface area contributed by atoms with E-state index in [0.29, 0.717) is 45.3 Å². The van der Waals surface area contributed by atoms with Crippen LogP contribution in [0, 0.1) is 0 Å². The number of carbonyl (C=O) groups excluding carboxylic acids is 1. The van der Waals surface area contributed by atoms with Crippen LogP contribution in [-0.4, -0.2) is 46.6 Å². The molecule has 35 heavy (non-hydrogen) atoms. The Balaban J connectivity index is 2.27. The van der Waals surface area contributed by atoms with E-state index in [9.17, 15) is 18.0 Å². The second-order valence-electron chi connectivity index (χ2n) is 10.0.